The van der Waals surface area contributed by atoms with Crippen LogP contribution in [0, 0.1) is 0 Å². The van der Waals surface area contributed by atoms with Crippen LogP contribution in [0.1, 0.15) is 18.4 Å². The zero-order chi connectivity index (χ0) is 13.2. The summed E-state index contributed by atoms with van der Waals surface area (Å²) in [5.74, 6) is 0.125. The monoisotopic (exact) mass is 260 g/mol. The summed E-state index contributed by atoms with van der Waals surface area (Å²) in [7, 11) is 2.09. The van der Waals surface area contributed by atoms with E-state index in [1.165, 1.54) is 5.56 Å². The van der Waals surface area contributed by atoms with E-state index in [0.29, 0.717) is 6.61 Å². The van der Waals surface area contributed by atoms with Crippen LogP contribution in [0.15, 0.2) is 24.3 Å². The molecule has 1 atom stereocenters. The van der Waals surface area contributed by atoms with Gasteiger partial charge in [0.05, 0.1) is 0 Å². The van der Waals surface area contributed by atoms with Gasteiger partial charge in [-0.2, -0.15) is 0 Å². The highest BCUT2D eigenvalue weighted by atomic mass is 16.5. The van der Waals surface area contributed by atoms with E-state index < -0.39 is 0 Å². The molecule has 1 fully saturated rings. The average molecular weight is 260 g/mol. The second-order valence-electron chi connectivity index (χ2n) is 5.36. The lowest BCUT2D eigenvalue weighted by Gasteiger charge is -2.25. The van der Waals surface area contributed by atoms with Crippen molar-refractivity contribution in [2.24, 2.45) is 0 Å². The van der Waals surface area contributed by atoms with Crippen LogP contribution in [0.4, 0.5) is 5.69 Å². The van der Waals surface area contributed by atoms with Crippen molar-refractivity contribution in [2.75, 3.05) is 31.6 Å². The number of rotatable bonds is 1. The lowest BCUT2D eigenvalue weighted by Crippen LogP contribution is -2.41. The van der Waals surface area contributed by atoms with Crippen molar-refractivity contribution in [3.05, 3.63) is 29.8 Å². The van der Waals surface area contributed by atoms with Crippen molar-refractivity contribution in [3.8, 4) is 0 Å². The molecule has 1 saturated heterocycles. The lowest BCUT2D eigenvalue weighted by molar-refractivity contribution is -0.127. The maximum absolute atomic E-state index is 12.6. The van der Waals surface area contributed by atoms with E-state index >= 15 is 0 Å². The first-order valence-electron chi connectivity index (χ1n) is 6.95. The molecule has 3 rings (SSSR count). The Kier molecular flexibility index (Phi) is 3.53. The fourth-order valence-corrected chi connectivity index (χ4v) is 2.84. The molecule has 0 N–H and O–H groups in total. The van der Waals surface area contributed by atoms with Gasteiger partial charge in [-0.05, 0) is 31.5 Å². The quantitative estimate of drug-likeness (QED) is 0.769. The van der Waals surface area contributed by atoms with Crippen LogP contribution < -0.4 is 4.90 Å². The number of amides is 1. The van der Waals surface area contributed by atoms with Crippen LogP contribution >= 0.6 is 0 Å². The van der Waals surface area contributed by atoms with Crippen LogP contribution in [-0.4, -0.2) is 43.7 Å². The highest BCUT2D eigenvalue weighted by molar-refractivity contribution is 5.97. The summed E-state index contributed by atoms with van der Waals surface area (Å²) in [6.07, 6.45) is 1.61. The second-order valence-corrected chi connectivity index (χ2v) is 5.36. The van der Waals surface area contributed by atoms with Gasteiger partial charge in [0.1, 0.15) is 6.10 Å². The SMILES string of the molecule is CN1CCN(C(=O)[C@H]2CCCO2)c2ccccc2C1. The largest absolute Gasteiger partial charge is 0.368 e. The fraction of sp³-hybridized carbons (Fsp3) is 0.533. The Morgan fingerprint density at radius 2 is 2.16 bits per heavy atom. The second kappa shape index (κ2) is 5.31. The van der Waals surface area contributed by atoms with Crippen molar-refractivity contribution in [1.82, 2.24) is 4.90 Å². The van der Waals surface area contributed by atoms with E-state index in [4.69, 9.17) is 4.74 Å². The standard InChI is InChI=1S/C15H20N2O2/c1-16-8-9-17(15(18)14-7-4-10-19-14)13-6-3-2-5-12(13)11-16/h2-3,5-6,14H,4,7-11H2,1H3/t14-/m1/s1. The first kappa shape index (κ1) is 12.6. The normalized spacial score (nSPS) is 24.1. The molecule has 0 aliphatic carbocycles. The van der Waals surface area contributed by atoms with Gasteiger partial charge in [0.2, 0.25) is 0 Å². The number of carbonyl (C=O) groups excluding carboxylic acids is 1. The molecule has 19 heavy (non-hydrogen) atoms. The number of hydrogen-bond donors (Lipinski definition) is 0. The number of nitrogens with zero attached hydrogens (tertiary/aromatic N) is 2. The van der Waals surface area contributed by atoms with Gasteiger partial charge in [0, 0.05) is 31.9 Å². The number of fused-ring (bicyclic) bond motifs is 1. The number of para-hydroxylation sites is 1. The molecule has 1 aromatic carbocycles. The Balaban J connectivity index is 1.90. The van der Waals surface area contributed by atoms with Crippen LogP contribution in [0.5, 0.6) is 0 Å². The Morgan fingerprint density at radius 3 is 2.95 bits per heavy atom. The number of carbonyl (C=O) groups is 1. The van der Waals surface area contributed by atoms with Gasteiger partial charge < -0.3 is 14.5 Å². The van der Waals surface area contributed by atoms with Gasteiger partial charge in [-0.15, -0.1) is 0 Å². The molecular weight excluding hydrogens is 240 g/mol. The minimum atomic E-state index is -0.239. The Bertz CT molecular complexity index is 469. The third-order valence-electron chi connectivity index (χ3n) is 3.90. The van der Waals surface area contributed by atoms with Crippen molar-refractivity contribution < 1.29 is 9.53 Å². The lowest BCUT2D eigenvalue weighted by atomic mass is 10.1. The maximum Gasteiger partial charge on any atom is 0.256 e. The van der Waals surface area contributed by atoms with Gasteiger partial charge >= 0.3 is 0 Å². The minimum absolute atomic E-state index is 0.125. The predicted molar refractivity (Wildman–Crippen MR) is 74.1 cm³/mol. The van der Waals surface area contributed by atoms with Gasteiger partial charge in [-0.1, -0.05) is 18.2 Å². The zero-order valence-corrected chi connectivity index (χ0v) is 11.3. The van der Waals surface area contributed by atoms with E-state index in [0.717, 1.165) is 38.2 Å². The molecule has 2 aliphatic rings. The van der Waals surface area contributed by atoms with Crippen LogP contribution in [-0.2, 0) is 16.1 Å². The third-order valence-corrected chi connectivity index (χ3v) is 3.90. The summed E-state index contributed by atoms with van der Waals surface area (Å²) in [6, 6.07) is 8.18. The van der Waals surface area contributed by atoms with Gasteiger partial charge in [-0.3, -0.25) is 4.79 Å². The highest BCUT2D eigenvalue weighted by Gasteiger charge is 2.31. The molecule has 0 aromatic heterocycles. The highest BCUT2D eigenvalue weighted by Crippen LogP contribution is 2.26. The zero-order valence-electron chi connectivity index (χ0n) is 11.3. The van der Waals surface area contributed by atoms with E-state index in [-0.39, 0.29) is 12.0 Å². The topological polar surface area (TPSA) is 32.8 Å². The fourth-order valence-electron chi connectivity index (χ4n) is 2.84. The molecule has 2 heterocycles. The summed E-state index contributed by atoms with van der Waals surface area (Å²) in [5.41, 5.74) is 2.26. The maximum atomic E-state index is 12.6. The summed E-state index contributed by atoms with van der Waals surface area (Å²) in [5, 5.41) is 0. The minimum Gasteiger partial charge on any atom is -0.368 e. The van der Waals surface area contributed by atoms with E-state index in [1.54, 1.807) is 0 Å². The van der Waals surface area contributed by atoms with Crippen LogP contribution in [0.25, 0.3) is 0 Å². The summed E-state index contributed by atoms with van der Waals surface area (Å²) in [6.45, 7) is 3.25. The first-order chi connectivity index (χ1) is 9.25. The molecule has 1 amide bonds. The molecular formula is C15H20N2O2. The number of ether oxygens (including phenoxy) is 1. The van der Waals surface area contributed by atoms with E-state index in [1.807, 2.05) is 23.1 Å². The predicted octanol–water partition coefficient (Wildman–Crippen LogP) is 1.64. The molecule has 4 heteroatoms. The van der Waals surface area contributed by atoms with Gasteiger partial charge in [0.15, 0.2) is 0 Å². The van der Waals surface area contributed by atoms with Crippen molar-refractivity contribution in [1.29, 1.82) is 0 Å². The molecule has 4 nitrogen and oxygen atoms in total. The molecule has 2 aliphatic heterocycles. The Hall–Kier alpha value is -1.39. The molecule has 0 radical (unpaired) electrons. The Labute approximate surface area is 113 Å². The van der Waals surface area contributed by atoms with E-state index in [9.17, 15) is 4.79 Å². The average Bonchev–Trinajstić information content (AvgIpc) is 2.89. The molecule has 0 spiro atoms. The molecule has 1 aromatic rings. The summed E-state index contributed by atoms with van der Waals surface area (Å²) < 4.78 is 5.55. The molecule has 102 valence electrons. The number of anilines is 1. The number of likely N-dealkylation sites (N-methyl/N-ethyl adjacent to an activating group) is 1. The third kappa shape index (κ3) is 2.51. The van der Waals surface area contributed by atoms with E-state index in [2.05, 4.69) is 18.0 Å². The first-order valence-corrected chi connectivity index (χ1v) is 6.95. The van der Waals surface area contributed by atoms with Crippen LogP contribution in [0.3, 0.4) is 0 Å². The van der Waals surface area contributed by atoms with Crippen molar-refractivity contribution in [3.63, 3.8) is 0 Å². The molecule has 0 unspecified atom stereocenters. The van der Waals surface area contributed by atoms with Crippen LogP contribution in [0.2, 0.25) is 0 Å². The summed E-state index contributed by atoms with van der Waals surface area (Å²) >= 11 is 0. The van der Waals surface area contributed by atoms with Crippen molar-refractivity contribution >= 4 is 11.6 Å². The smallest absolute Gasteiger partial charge is 0.256 e. The van der Waals surface area contributed by atoms with Gasteiger partial charge in [-0.25, -0.2) is 0 Å². The number of benzene rings is 1. The summed E-state index contributed by atoms with van der Waals surface area (Å²) in [4.78, 5) is 16.8. The molecule has 0 saturated carbocycles. The number of hydrogen-bond acceptors (Lipinski definition) is 3. The van der Waals surface area contributed by atoms with Crippen molar-refractivity contribution in [2.45, 2.75) is 25.5 Å². The Morgan fingerprint density at radius 1 is 1.32 bits per heavy atom. The molecule has 0 bridgehead atoms. The van der Waals surface area contributed by atoms with Gasteiger partial charge in [0.25, 0.3) is 5.91 Å².